The fraction of sp³-hybridized carbons (Fsp3) is 0.267. The van der Waals surface area contributed by atoms with Crippen molar-refractivity contribution >= 4 is 41.6 Å². The van der Waals surface area contributed by atoms with Gasteiger partial charge in [-0.25, -0.2) is 0 Å². The zero-order valence-electron chi connectivity index (χ0n) is 21.4. The molecule has 2 amide bonds. The Labute approximate surface area is 225 Å². The number of ketones is 2. The molecule has 0 aromatic heterocycles. The fourth-order valence-corrected chi connectivity index (χ4v) is 6.73. The molecule has 3 N–H and O–H groups in total. The molecule has 9 heteroatoms. The van der Waals surface area contributed by atoms with Gasteiger partial charge in [0.05, 0.1) is 17.5 Å². The lowest BCUT2D eigenvalue weighted by atomic mass is 9.59. The van der Waals surface area contributed by atoms with Crippen LogP contribution in [0.4, 0.5) is 5.69 Å². The summed E-state index contributed by atoms with van der Waals surface area (Å²) < 4.78 is 0. The van der Waals surface area contributed by atoms with Crippen LogP contribution in [0, 0.1) is 24.7 Å². The minimum absolute atomic E-state index is 0.0272. The molecular formula is C30H26BNO7. The molecule has 2 aromatic carbocycles. The number of Topliss-reactive ketones (excluding diaryl/α,β-unsaturated/α-hetero) is 1. The third-order valence-corrected chi connectivity index (χ3v) is 8.57. The number of benzene rings is 2. The number of carbonyl (C=O) groups is 4. The third-order valence-electron chi connectivity index (χ3n) is 8.57. The molecular weight excluding hydrogens is 497 g/mol. The van der Waals surface area contributed by atoms with Gasteiger partial charge in [-0.2, -0.15) is 0 Å². The van der Waals surface area contributed by atoms with E-state index in [0.717, 1.165) is 10.5 Å². The first-order valence-corrected chi connectivity index (χ1v) is 12.9. The van der Waals surface area contributed by atoms with E-state index in [9.17, 15) is 34.3 Å². The Hall–Kier alpha value is -4.08. The molecule has 3 aliphatic carbocycles. The van der Waals surface area contributed by atoms with E-state index in [0.29, 0.717) is 27.8 Å². The van der Waals surface area contributed by atoms with E-state index in [1.165, 1.54) is 18.2 Å². The maximum absolute atomic E-state index is 13.9. The number of anilines is 1. The molecule has 4 unspecified atom stereocenters. The van der Waals surface area contributed by atoms with Crippen LogP contribution in [0.25, 0.3) is 0 Å². The number of phenols is 1. The SMILES string of the molecule is CC1=CC(=O)C2=C(CC3C(=CCC4C(=O)N(c5cccc(B(O)O)c5)C(=O)C43)C2c2cccc(C)c2O)C1=O. The Kier molecular flexibility index (Phi) is 5.82. The van der Waals surface area contributed by atoms with Crippen molar-refractivity contribution in [2.45, 2.75) is 32.6 Å². The van der Waals surface area contributed by atoms with E-state index in [2.05, 4.69) is 0 Å². The van der Waals surface area contributed by atoms with E-state index in [1.54, 1.807) is 44.2 Å². The van der Waals surface area contributed by atoms with Crippen molar-refractivity contribution in [3.8, 4) is 5.75 Å². The lowest BCUT2D eigenvalue weighted by Crippen LogP contribution is -2.40. The standard InChI is InChI=1S/C30H26BNO7/c1-14-5-3-8-19(27(14)34)24-18-9-10-20-25(21(18)13-22-26(24)23(33)11-15(2)28(22)35)30(37)32(29(20)36)17-7-4-6-16(12-17)31(38)39/h3-9,11-12,20-21,24-25,34,38-39H,10,13H2,1-2H3. The summed E-state index contributed by atoms with van der Waals surface area (Å²) in [5, 5.41) is 30.3. The predicted molar refractivity (Wildman–Crippen MR) is 143 cm³/mol. The topological polar surface area (TPSA) is 132 Å². The van der Waals surface area contributed by atoms with E-state index < -0.39 is 36.7 Å². The van der Waals surface area contributed by atoms with Gasteiger partial charge in [-0.05, 0) is 61.8 Å². The summed E-state index contributed by atoms with van der Waals surface area (Å²) >= 11 is 0. The first-order chi connectivity index (χ1) is 18.6. The number of fused-ring (bicyclic) bond motifs is 3. The molecule has 2 aromatic rings. The number of imide groups is 1. The quantitative estimate of drug-likeness (QED) is 0.243. The molecule has 1 aliphatic heterocycles. The molecule has 0 spiro atoms. The van der Waals surface area contributed by atoms with Crippen LogP contribution in [0.1, 0.15) is 36.8 Å². The van der Waals surface area contributed by atoms with Crippen LogP contribution in [0.15, 0.2) is 76.9 Å². The van der Waals surface area contributed by atoms with Gasteiger partial charge < -0.3 is 15.2 Å². The van der Waals surface area contributed by atoms with Crippen LogP contribution in [0.3, 0.4) is 0 Å². The first kappa shape index (κ1) is 25.2. The minimum atomic E-state index is -1.76. The van der Waals surface area contributed by atoms with Crippen molar-refractivity contribution in [1.29, 1.82) is 0 Å². The van der Waals surface area contributed by atoms with Gasteiger partial charge in [0, 0.05) is 28.2 Å². The Morgan fingerprint density at radius 1 is 0.949 bits per heavy atom. The Morgan fingerprint density at radius 2 is 1.69 bits per heavy atom. The minimum Gasteiger partial charge on any atom is -0.507 e. The van der Waals surface area contributed by atoms with Crippen molar-refractivity contribution in [3.63, 3.8) is 0 Å². The number of hydrogen-bond acceptors (Lipinski definition) is 7. The predicted octanol–water partition coefficient (Wildman–Crippen LogP) is 2.01. The summed E-state index contributed by atoms with van der Waals surface area (Å²) in [7, 11) is -1.76. The molecule has 4 atom stereocenters. The number of aromatic hydroxyl groups is 1. The average molecular weight is 523 g/mol. The molecule has 0 saturated carbocycles. The lowest BCUT2D eigenvalue weighted by Gasteiger charge is -2.42. The van der Waals surface area contributed by atoms with Gasteiger partial charge in [0.25, 0.3) is 0 Å². The number of para-hydroxylation sites is 1. The van der Waals surface area contributed by atoms with Crippen molar-refractivity contribution in [2.75, 3.05) is 4.90 Å². The molecule has 0 bridgehead atoms. The maximum atomic E-state index is 13.9. The number of hydrogen-bond donors (Lipinski definition) is 3. The monoisotopic (exact) mass is 523 g/mol. The highest BCUT2D eigenvalue weighted by Crippen LogP contribution is 2.56. The van der Waals surface area contributed by atoms with Crippen molar-refractivity contribution in [3.05, 3.63) is 88.0 Å². The molecule has 6 rings (SSSR count). The van der Waals surface area contributed by atoms with Gasteiger partial charge in [-0.3, -0.25) is 24.1 Å². The first-order valence-electron chi connectivity index (χ1n) is 12.9. The molecule has 4 aliphatic rings. The number of rotatable bonds is 3. The highest BCUT2D eigenvalue weighted by atomic mass is 16.4. The van der Waals surface area contributed by atoms with Crippen LogP contribution in [-0.4, -0.2) is 45.7 Å². The average Bonchev–Trinajstić information content (AvgIpc) is 3.17. The fourth-order valence-electron chi connectivity index (χ4n) is 6.73. The summed E-state index contributed by atoms with van der Waals surface area (Å²) in [6.07, 6.45) is 3.64. The molecule has 0 radical (unpaired) electrons. The van der Waals surface area contributed by atoms with Crippen molar-refractivity contribution in [1.82, 2.24) is 0 Å². The second-order valence-corrected chi connectivity index (χ2v) is 10.7. The van der Waals surface area contributed by atoms with E-state index >= 15 is 0 Å². The zero-order chi connectivity index (χ0) is 27.7. The smallest absolute Gasteiger partial charge is 0.488 e. The Balaban J connectivity index is 1.49. The van der Waals surface area contributed by atoms with E-state index in [-0.39, 0.29) is 47.2 Å². The van der Waals surface area contributed by atoms with Crippen LogP contribution in [0.5, 0.6) is 5.75 Å². The number of carbonyl (C=O) groups excluding carboxylic acids is 4. The normalized spacial score (nSPS) is 26.2. The van der Waals surface area contributed by atoms with Crippen molar-refractivity contribution < 1.29 is 34.3 Å². The summed E-state index contributed by atoms with van der Waals surface area (Å²) in [6.45, 7) is 3.35. The molecule has 1 fully saturated rings. The largest absolute Gasteiger partial charge is 0.507 e. The van der Waals surface area contributed by atoms with Gasteiger partial charge in [-0.1, -0.05) is 42.0 Å². The van der Waals surface area contributed by atoms with Gasteiger partial charge in [-0.15, -0.1) is 0 Å². The summed E-state index contributed by atoms with van der Waals surface area (Å²) in [6, 6.07) is 11.3. The van der Waals surface area contributed by atoms with E-state index in [4.69, 9.17) is 0 Å². The third kappa shape index (κ3) is 3.68. The van der Waals surface area contributed by atoms with Crippen molar-refractivity contribution in [2.24, 2.45) is 17.8 Å². The lowest BCUT2D eigenvalue weighted by molar-refractivity contribution is -0.123. The van der Waals surface area contributed by atoms with Crippen LogP contribution in [0.2, 0.25) is 0 Å². The number of amides is 2. The molecule has 1 saturated heterocycles. The van der Waals surface area contributed by atoms with E-state index in [1.807, 2.05) is 6.08 Å². The van der Waals surface area contributed by atoms with Gasteiger partial charge >= 0.3 is 7.12 Å². The van der Waals surface area contributed by atoms with Gasteiger partial charge in [0.1, 0.15) is 5.75 Å². The number of nitrogens with zero attached hydrogens (tertiary/aromatic N) is 1. The molecule has 39 heavy (non-hydrogen) atoms. The maximum Gasteiger partial charge on any atom is 0.488 e. The number of allylic oxidation sites excluding steroid dienone is 6. The second-order valence-electron chi connectivity index (χ2n) is 10.7. The zero-order valence-corrected chi connectivity index (χ0v) is 21.4. The molecule has 196 valence electrons. The van der Waals surface area contributed by atoms with Crippen LogP contribution < -0.4 is 10.4 Å². The number of phenolic OH excluding ortho intramolecular Hbond substituents is 1. The molecule has 8 nitrogen and oxygen atoms in total. The summed E-state index contributed by atoms with van der Waals surface area (Å²) in [5.74, 6) is -4.00. The Bertz CT molecular complexity index is 1580. The van der Waals surface area contributed by atoms with Gasteiger partial charge in [0.15, 0.2) is 11.6 Å². The summed E-state index contributed by atoms with van der Waals surface area (Å²) in [4.78, 5) is 55.3. The Morgan fingerprint density at radius 3 is 2.44 bits per heavy atom. The highest BCUT2D eigenvalue weighted by Gasteiger charge is 2.56. The van der Waals surface area contributed by atoms with Crippen LogP contribution in [-0.2, 0) is 19.2 Å². The number of aryl methyl sites for hydroxylation is 1. The summed E-state index contributed by atoms with van der Waals surface area (Å²) in [5.41, 5.74) is 3.24. The highest BCUT2D eigenvalue weighted by molar-refractivity contribution is 6.58. The second kappa shape index (κ2) is 9.00. The van der Waals surface area contributed by atoms with Gasteiger partial charge in [0.2, 0.25) is 11.8 Å². The van der Waals surface area contributed by atoms with Crippen LogP contribution >= 0.6 is 0 Å². The molecule has 1 heterocycles.